The average molecular weight is 275 g/mol. The zero-order valence-electron chi connectivity index (χ0n) is 9.36. The molecule has 7 heteroatoms. The van der Waals surface area contributed by atoms with E-state index in [1.54, 1.807) is 18.0 Å². The second-order valence-electron chi connectivity index (χ2n) is 3.93. The van der Waals surface area contributed by atoms with E-state index in [0.29, 0.717) is 5.69 Å². The summed E-state index contributed by atoms with van der Waals surface area (Å²) in [6.45, 7) is 1.79. The van der Waals surface area contributed by atoms with Crippen molar-refractivity contribution in [2.24, 2.45) is 0 Å². The minimum atomic E-state index is 0.0616. The van der Waals surface area contributed by atoms with Crippen LogP contribution in [-0.2, 0) is 4.79 Å². The highest BCUT2D eigenvalue weighted by atomic mass is 35.5. The average Bonchev–Trinajstić information content (AvgIpc) is 2.45. The summed E-state index contributed by atoms with van der Waals surface area (Å²) < 4.78 is 0. The van der Waals surface area contributed by atoms with E-state index >= 15 is 0 Å². The summed E-state index contributed by atoms with van der Waals surface area (Å²) in [6.07, 6.45) is 0.887. The normalized spacial score (nSPS) is 17.2. The molecule has 0 radical (unpaired) electrons. The van der Waals surface area contributed by atoms with Crippen molar-refractivity contribution in [1.82, 2.24) is 15.1 Å². The molecule has 1 amide bonds. The number of carbonyl (C=O) groups is 1. The van der Waals surface area contributed by atoms with Crippen molar-refractivity contribution < 1.29 is 4.79 Å². The Bertz CT molecular complexity index is 440. The summed E-state index contributed by atoms with van der Waals surface area (Å²) in [7, 11) is 1.80. The van der Waals surface area contributed by atoms with Gasteiger partial charge in [0, 0.05) is 26.2 Å². The number of aromatic nitrogens is 2. The Kier molecular flexibility index (Phi) is 3.69. The lowest BCUT2D eigenvalue weighted by atomic mass is 10.3. The molecule has 1 aliphatic rings. The molecule has 0 spiro atoms. The molecule has 0 aliphatic carbocycles. The predicted molar refractivity (Wildman–Crippen MR) is 66.5 cm³/mol. The Hall–Kier alpha value is -1.07. The van der Waals surface area contributed by atoms with Crippen LogP contribution in [-0.4, -0.2) is 47.7 Å². The van der Waals surface area contributed by atoms with Gasteiger partial charge in [0.05, 0.1) is 12.2 Å². The van der Waals surface area contributed by atoms with Crippen LogP contribution in [0.2, 0.25) is 10.3 Å². The fourth-order valence-corrected chi connectivity index (χ4v) is 2.11. The van der Waals surface area contributed by atoms with Gasteiger partial charge in [-0.3, -0.25) is 4.79 Å². The molecule has 1 aliphatic heterocycles. The Morgan fingerprint density at radius 2 is 2.06 bits per heavy atom. The zero-order valence-corrected chi connectivity index (χ0v) is 10.9. The highest BCUT2D eigenvalue weighted by molar-refractivity contribution is 6.33. The molecule has 5 nitrogen and oxygen atoms in total. The van der Waals surface area contributed by atoms with Gasteiger partial charge in [0.15, 0.2) is 10.3 Å². The first kappa shape index (κ1) is 12.4. The molecule has 0 unspecified atom stereocenters. The minimum absolute atomic E-state index is 0.0616. The standard InChI is InChI=1S/C10H12Cl2N4O/c1-15-3-2-4-16(6-9(15)17)7-5-8(11)13-14-10(7)12/h5H,2-4,6H2,1H3. The Morgan fingerprint density at radius 3 is 2.82 bits per heavy atom. The van der Waals surface area contributed by atoms with Crippen molar-refractivity contribution in [2.45, 2.75) is 6.42 Å². The SMILES string of the molecule is CN1CCCN(c2cc(Cl)nnc2Cl)CC1=O. The number of carbonyl (C=O) groups excluding carboxylic acids is 1. The summed E-state index contributed by atoms with van der Waals surface area (Å²) in [5.74, 6) is 0.0616. The quantitative estimate of drug-likeness (QED) is 0.778. The van der Waals surface area contributed by atoms with Crippen LogP contribution in [0.3, 0.4) is 0 Å². The van der Waals surface area contributed by atoms with Crippen LogP contribution in [0.15, 0.2) is 6.07 Å². The molecule has 0 aromatic carbocycles. The lowest BCUT2D eigenvalue weighted by Gasteiger charge is -2.22. The highest BCUT2D eigenvalue weighted by Gasteiger charge is 2.21. The van der Waals surface area contributed by atoms with Crippen LogP contribution in [0.5, 0.6) is 0 Å². The van der Waals surface area contributed by atoms with Gasteiger partial charge < -0.3 is 9.80 Å². The van der Waals surface area contributed by atoms with Gasteiger partial charge in [0.1, 0.15) is 0 Å². The van der Waals surface area contributed by atoms with Gasteiger partial charge in [0.25, 0.3) is 0 Å². The van der Waals surface area contributed by atoms with E-state index in [1.807, 2.05) is 4.90 Å². The molecule has 0 atom stereocenters. The van der Waals surface area contributed by atoms with Gasteiger partial charge in [-0.05, 0) is 6.42 Å². The third-order valence-corrected chi connectivity index (χ3v) is 3.17. The van der Waals surface area contributed by atoms with Crippen molar-refractivity contribution in [3.8, 4) is 0 Å². The van der Waals surface area contributed by atoms with E-state index in [4.69, 9.17) is 23.2 Å². The minimum Gasteiger partial charge on any atom is -0.360 e. The molecule has 0 bridgehead atoms. The first-order chi connectivity index (χ1) is 8.08. The molecule has 1 fully saturated rings. The maximum atomic E-state index is 11.8. The van der Waals surface area contributed by atoms with E-state index < -0.39 is 0 Å². The lowest BCUT2D eigenvalue weighted by molar-refractivity contribution is -0.127. The maximum Gasteiger partial charge on any atom is 0.241 e. The summed E-state index contributed by atoms with van der Waals surface area (Å²) in [6, 6.07) is 1.63. The number of hydrogen-bond donors (Lipinski definition) is 0. The summed E-state index contributed by atoms with van der Waals surface area (Å²) in [4.78, 5) is 15.4. The van der Waals surface area contributed by atoms with Crippen molar-refractivity contribution in [3.05, 3.63) is 16.4 Å². The van der Waals surface area contributed by atoms with Gasteiger partial charge in [-0.15, -0.1) is 10.2 Å². The Labute approximate surface area is 109 Å². The monoisotopic (exact) mass is 274 g/mol. The molecule has 0 N–H and O–H groups in total. The van der Waals surface area contributed by atoms with Crippen molar-refractivity contribution in [2.75, 3.05) is 31.6 Å². The molecule has 1 saturated heterocycles. The van der Waals surface area contributed by atoms with E-state index in [-0.39, 0.29) is 22.8 Å². The molecule has 92 valence electrons. The molecule has 17 heavy (non-hydrogen) atoms. The largest absolute Gasteiger partial charge is 0.360 e. The molecule has 0 saturated carbocycles. The number of hydrogen-bond acceptors (Lipinski definition) is 4. The number of amides is 1. The highest BCUT2D eigenvalue weighted by Crippen LogP contribution is 2.26. The fraction of sp³-hybridized carbons (Fsp3) is 0.500. The molecular weight excluding hydrogens is 263 g/mol. The second-order valence-corrected chi connectivity index (χ2v) is 4.68. The molecule has 2 heterocycles. The summed E-state index contributed by atoms with van der Waals surface area (Å²) in [5, 5.41) is 7.94. The van der Waals surface area contributed by atoms with Gasteiger partial charge in [-0.2, -0.15) is 0 Å². The zero-order chi connectivity index (χ0) is 12.4. The van der Waals surface area contributed by atoms with E-state index in [1.165, 1.54) is 0 Å². The molecular formula is C10H12Cl2N4O. The Morgan fingerprint density at radius 1 is 1.29 bits per heavy atom. The number of halogens is 2. The lowest BCUT2D eigenvalue weighted by Crippen LogP contribution is -2.34. The topological polar surface area (TPSA) is 49.3 Å². The predicted octanol–water partition coefficient (Wildman–Crippen LogP) is 1.45. The van der Waals surface area contributed by atoms with Crippen LogP contribution in [0, 0.1) is 0 Å². The van der Waals surface area contributed by atoms with Crippen LogP contribution in [0.25, 0.3) is 0 Å². The molecule has 1 aromatic rings. The van der Waals surface area contributed by atoms with E-state index in [9.17, 15) is 4.79 Å². The first-order valence-electron chi connectivity index (χ1n) is 5.25. The van der Waals surface area contributed by atoms with Crippen LogP contribution >= 0.6 is 23.2 Å². The number of likely N-dealkylation sites (N-methyl/N-ethyl adjacent to an activating group) is 1. The van der Waals surface area contributed by atoms with Crippen LogP contribution in [0.4, 0.5) is 5.69 Å². The van der Waals surface area contributed by atoms with Crippen molar-refractivity contribution >= 4 is 34.8 Å². The summed E-state index contributed by atoms with van der Waals surface area (Å²) in [5.41, 5.74) is 0.662. The number of nitrogens with zero attached hydrogens (tertiary/aromatic N) is 4. The number of anilines is 1. The van der Waals surface area contributed by atoms with Crippen LogP contribution < -0.4 is 4.90 Å². The first-order valence-corrected chi connectivity index (χ1v) is 6.01. The van der Waals surface area contributed by atoms with Gasteiger partial charge in [-0.25, -0.2) is 0 Å². The third kappa shape index (κ3) is 2.79. The third-order valence-electron chi connectivity index (χ3n) is 2.71. The second kappa shape index (κ2) is 5.06. The van der Waals surface area contributed by atoms with E-state index in [2.05, 4.69) is 10.2 Å². The summed E-state index contributed by atoms with van der Waals surface area (Å²) >= 11 is 11.8. The van der Waals surface area contributed by atoms with Crippen molar-refractivity contribution in [1.29, 1.82) is 0 Å². The van der Waals surface area contributed by atoms with Gasteiger partial charge in [0.2, 0.25) is 5.91 Å². The van der Waals surface area contributed by atoms with Gasteiger partial charge in [-0.1, -0.05) is 23.2 Å². The van der Waals surface area contributed by atoms with Crippen LogP contribution in [0.1, 0.15) is 6.42 Å². The Balaban J connectivity index is 2.26. The fourth-order valence-electron chi connectivity index (χ4n) is 1.76. The van der Waals surface area contributed by atoms with Crippen molar-refractivity contribution in [3.63, 3.8) is 0 Å². The van der Waals surface area contributed by atoms with E-state index in [0.717, 1.165) is 19.5 Å². The van der Waals surface area contributed by atoms with Gasteiger partial charge >= 0.3 is 0 Å². The molecule has 2 rings (SSSR count). The smallest absolute Gasteiger partial charge is 0.241 e. The maximum absolute atomic E-state index is 11.8. The number of rotatable bonds is 1. The molecule has 1 aromatic heterocycles.